The summed E-state index contributed by atoms with van der Waals surface area (Å²) in [6.07, 6.45) is 1.78. The zero-order chi connectivity index (χ0) is 20.8. The molecule has 5 nitrogen and oxygen atoms in total. The van der Waals surface area contributed by atoms with Crippen molar-refractivity contribution in [2.45, 2.75) is 30.4 Å². The number of amides is 1. The summed E-state index contributed by atoms with van der Waals surface area (Å²) in [6.45, 7) is 6.63. The van der Waals surface area contributed by atoms with E-state index in [1.165, 1.54) is 11.8 Å². The van der Waals surface area contributed by atoms with Gasteiger partial charge in [-0.15, -0.1) is 16.8 Å². The van der Waals surface area contributed by atoms with Gasteiger partial charge in [0.2, 0.25) is 5.91 Å². The summed E-state index contributed by atoms with van der Waals surface area (Å²) in [7, 11) is 0. The van der Waals surface area contributed by atoms with Gasteiger partial charge in [-0.1, -0.05) is 53.2 Å². The molecule has 0 radical (unpaired) electrons. The molecule has 0 saturated carbocycles. The zero-order valence-corrected chi connectivity index (χ0v) is 18.1. The Labute approximate surface area is 184 Å². The lowest BCUT2D eigenvalue weighted by Crippen LogP contribution is -2.30. The number of benzene rings is 2. The van der Waals surface area contributed by atoms with Gasteiger partial charge in [-0.3, -0.25) is 9.36 Å². The van der Waals surface area contributed by atoms with E-state index in [-0.39, 0.29) is 11.2 Å². The number of nitrogens with zero attached hydrogens (tertiary/aromatic N) is 3. The monoisotopic (exact) mass is 446 g/mol. The van der Waals surface area contributed by atoms with E-state index in [1.54, 1.807) is 18.2 Å². The van der Waals surface area contributed by atoms with Gasteiger partial charge in [0, 0.05) is 28.7 Å². The highest BCUT2D eigenvalue weighted by molar-refractivity contribution is 8.00. The Bertz CT molecular complexity index is 987. The van der Waals surface area contributed by atoms with Crippen LogP contribution in [0.2, 0.25) is 10.0 Å². The van der Waals surface area contributed by atoms with Crippen LogP contribution in [-0.4, -0.2) is 25.9 Å². The molecule has 29 heavy (non-hydrogen) atoms. The second-order valence-corrected chi connectivity index (χ2v) is 8.50. The first-order valence-corrected chi connectivity index (χ1v) is 10.6. The molecule has 1 atom stereocenters. The highest BCUT2D eigenvalue weighted by atomic mass is 35.5. The summed E-state index contributed by atoms with van der Waals surface area (Å²) in [4.78, 5) is 12.5. The molecule has 0 saturated heterocycles. The maximum Gasteiger partial charge on any atom is 0.233 e. The predicted molar refractivity (Wildman–Crippen MR) is 119 cm³/mol. The van der Waals surface area contributed by atoms with Crippen LogP contribution in [0.15, 0.2) is 66.3 Å². The molecule has 150 valence electrons. The highest BCUT2D eigenvalue weighted by Gasteiger charge is 2.20. The molecule has 1 unspecified atom stereocenters. The summed E-state index contributed by atoms with van der Waals surface area (Å²) in [5, 5.41) is 13.2. The van der Waals surface area contributed by atoms with Gasteiger partial charge in [0.05, 0.1) is 5.25 Å². The van der Waals surface area contributed by atoms with Gasteiger partial charge < -0.3 is 5.32 Å². The molecule has 0 bridgehead atoms. The van der Waals surface area contributed by atoms with E-state index in [1.807, 2.05) is 47.9 Å². The zero-order valence-electron chi connectivity index (χ0n) is 15.8. The second-order valence-electron chi connectivity index (χ2n) is 6.32. The van der Waals surface area contributed by atoms with Crippen LogP contribution in [0.3, 0.4) is 0 Å². The average molecular weight is 447 g/mol. The van der Waals surface area contributed by atoms with E-state index >= 15 is 0 Å². The van der Waals surface area contributed by atoms with Gasteiger partial charge >= 0.3 is 0 Å². The lowest BCUT2D eigenvalue weighted by atomic mass is 10.2. The Morgan fingerprint density at radius 3 is 2.38 bits per heavy atom. The molecule has 1 aromatic heterocycles. The van der Waals surface area contributed by atoms with E-state index in [0.717, 1.165) is 11.1 Å². The Balaban J connectivity index is 1.69. The summed E-state index contributed by atoms with van der Waals surface area (Å²) in [5.74, 6) is 0.629. The molecule has 2 aromatic carbocycles. The fraction of sp³-hybridized carbons (Fsp3) is 0.190. The maximum atomic E-state index is 12.5. The van der Waals surface area contributed by atoms with E-state index in [0.29, 0.717) is 34.1 Å². The van der Waals surface area contributed by atoms with Gasteiger partial charge in [0.15, 0.2) is 11.0 Å². The maximum absolute atomic E-state index is 12.5. The van der Waals surface area contributed by atoms with Crippen molar-refractivity contribution >= 4 is 40.9 Å². The Hall–Kier alpha value is -2.28. The van der Waals surface area contributed by atoms with Crippen molar-refractivity contribution in [3.63, 3.8) is 0 Å². The number of aromatic nitrogens is 3. The first-order chi connectivity index (χ1) is 14.0. The molecule has 1 heterocycles. The van der Waals surface area contributed by atoms with Crippen LogP contribution in [0.5, 0.6) is 0 Å². The van der Waals surface area contributed by atoms with Crippen molar-refractivity contribution in [1.29, 1.82) is 0 Å². The molecule has 0 fully saturated rings. The summed E-state index contributed by atoms with van der Waals surface area (Å²) >= 11 is 13.2. The van der Waals surface area contributed by atoms with Crippen LogP contribution < -0.4 is 5.32 Å². The third kappa shape index (κ3) is 5.63. The Morgan fingerprint density at radius 1 is 1.14 bits per heavy atom. The summed E-state index contributed by atoms with van der Waals surface area (Å²) < 4.78 is 1.93. The standard InChI is InChI=1S/C21H20Cl2N4OS/c1-3-12-27-19(16-6-10-18(23)11-7-16)25-26-21(27)29-14(2)20(28)24-13-15-4-8-17(22)9-5-15/h3-11,14H,1,12-13H2,2H3,(H,24,28). The molecule has 1 amide bonds. The second kappa shape index (κ2) is 9.96. The number of hydrogen-bond donors (Lipinski definition) is 1. The molecule has 1 N–H and O–H groups in total. The molecule has 3 rings (SSSR count). The molecule has 0 aliphatic heterocycles. The van der Waals surface area contributed by atoms with Crippen LogP contribution in [0.25, 0.3) is 11.4 Å². The van der Waals surface area contributed by atoms with Crippen LogP contribution >= 0.6 is 35.0 Å². The van der Waals surface area contributed by atoms with Crippen molar-refractivity contribution in [3.05, 3.63) is 76.8 Å². The van der Waals surface area contributed by atoms with E-state index in [4.69, 9.17) is 23.2 Å². The average Bonchev–Trinajstić information content (AvgIpc) is 3.10. The summed E-state index contributed by atoms with van der Waals surface area (Å²) in [6, 6.07) is 14.8. The van der Waals surface area contributed by atoms with Gasteiger partial charge in [-0.25, -0.2) is 0 Å². The molecular weight excluding hydrogens is 427 g/mol. The number of rotatable bonds is 8. The molecule has 0 aliphatic rings. The van der Waals surface area contributed by atoms with Gasteiger partial charge in [-0.05, 0) is 48.9 Å². The topological polar surface area (TPSA) is 59.8 Å². The number of halogens is 2. The van der Waals surface area contributed by atoms with Crippen LogP contribution in [0.1, 0.15) is 12.5 Å². The summed E-state index contributed by atoms with van der Waals surface area (Å²) in [5.41, 5.74) is 1.88. The number of thioether (sulfide) groups is 1. The molecule has 8 heteroatoms. The number of carbonyl (C=O) groups is 1. The number of carbonyl (C=O) groups excluding carboxylic acids is 1. The van der Waals surface area contributed by atoms with E-state index in [2.05, 4.69) is 22.1 Å². The number of nitrogens with one attached hydrogen (secondary N) is 1. The largest absolute Gasteiger partial charge is 0.351 e. The fourth-order valence-corrected chi connectivity index (χ4v) is 3.76. The fourth-order valence-electron chi connectivity index (χ4n) is 2.63. The molecular formula is C21H20Cl2N4OS. The smallest absolute Gasteiger partial charge is 0.233 e. The van der Waals surface area contributed by atoms with Crippen LogP contribution in [0, 0.1) is 0 Å². The predicted octanol–water partition coefficient (Wildman–Crippen LogP) is 5.23. The van der Waals surface area contributed by atoms with Gasteiger partial charge in [0.1, 0.15) is 0 Å². The van der Waals surface area contributed by atoms with Crippen molar-refractivity contribution < 1.29 is 4.79 Å². The van der Waals surface area contributed by atoms with Crippen molar-refractivity contribution in [3.8, 4) is 11.4 Å². The Kier molecular flexibility index (Phi) is 7.36. The number of hydrogen-bond acceptors (Lipinski definition) is 4. The minimum absolute atomic E-state index is 0.0776. The van der Waals surface area contributed by atoms with Crippen LogP contribution in [0.4, 0.5) is 0 Å². The van der Waals surface area contributed by atoms with Crippen LogP contribution in [-0.2, 0) is 17.9 Å². The molecule has 0 aliphatic carbocycles. The quantitative estimate of drug-likeness (QED) is 0.379. The highest BCUT2D eigenvalue weighted by Crippen LogP contribution is 2.27. The van der Waals surface area contributed by atoms with E-state index < -0.39 is 0 Å². The lowest BCUT2D eigenvalue weighted by molar-refractivity contribution is -0.120. The Morgan fingerprint density at radius 2 is 1.76 bits per heavy atom. The first-order valence-electron chi connectivity index (χ1n) is 8.96. The van der Waals surface area contributed by atoms with Crippen molar-refractivity contribution in [2.75, 3.05) is 0 Å². The molecule has 3 aromatic rings. The van der Waals surface area contributed by atoms with E-state index in [9.17, 15) is 4.79 Å². The van der Waals surface area contributed by atoms with Gasteiger partial charge in [0.25, 0.3) is 0 Å². The SMILES string of the molecule is C=CCn1c(SC(C)C(=O)NCc2ccc(Cl)cc2)nnc1-c1ccc(Cl)cc1. The normalized spacial score (nSPS) is 11.8. The first kappa shape index (κ1) is 21.4. The third-order valence-electron chi connectivity index (χ3n) is 4.16. The number of allylic oxidation sites excluding steroid dienone is 1. The van der Waals surface area contributed by atoms with Gasteiger partial charge in [-0.2, -0.15) is 0 Å². The lowest BCUT2D eigenvalue weighted by Gasteiger charge is -2.13. The molecule has 0 spiro atoms. The third-order valence-corrected chi connectivity index (χ3v) is 5.75. The van der Waals surface area contributed by atoms with Crippen molar-refractivity contribution in [2.24, 2.45) is 0 Å². The minimum Gasteiger partial charge on any atom is -0.351 e. The minimum atomic E-state index is -0.340. The van der Waals surface area contributed by atoms with Crippen molar-refractivity contribution in [1.82, 2.24) is 20.1 Å².